The van der Waals surface area contributed by atoms with E-state index in [1.165, 1.54) is 18.8 Å². The first-order valence-corrected chi connectivity index (χ1v) is 8.08. The van der Waals surface area contributed by atoms with E-state index in [1.54, 1.807) is 14.0 Å². The van der Waals surface area contributed by atoms with E-state index in [4.69, 9.17) is 4.74 Å². The molecule has 0 spiro atoms. The number of carbonyl (C=O) groups is 2. The number of nitrogens with zero attached hydrogens (tertiary/aromatic N) is 2. The van der Waals surface area contributed by atoms with Gasteiger partial charge in [-0.1, -0.05) is 23.9 Å². The Balaban J connectivity index is 2.21. The Bertz CT molecular complexity index is 701. The van der Waals surface area contributed by atoms with E-state index < -0.39 is 11.3 Å². The van der Waals surface area contributed by atoms with Crippen LogP contribution < -0.4 is 10.6 Å². The summed E-state index contributed by atoms with van der Waals surface area (Å²) in [4.78, 5) is 27.8. The molecule has 0 aliphatic heterocycles. The van der Waals surface area contributed by atoms with Gasteiger partial charge in [-0.2, -0.15) is 0 Å². The van der Waals surface area contributed by atoms with E-state index in [0.29, 0.717) is 13.2 Å². The van der Waals surface area contributed by atoms with Crippen LogP contribution in [0.3, 0.4) is 0 Å². The second kappa shape index (κ2) is 7.98. The molecule has 0 saturated carbocycles. The van der Waals surface area contributed by atoms with Crippen LogP contribution in [0.15, 0.2) is 29.4 Å². The number of benzene rings is 1. The molecule has 2 rings (SSSR count). The number of carbonyl (C=O) groups excluding carboxylic acids is 2. The minimum atomic E-state index is -0.518. The summed E-state index contributed by atoms with van der Waals surface area (Å²) in [5, 5.41) is 4.90. The maximum atomic E-state index is 12.0. The average Bonchev–Trinajstić information content (AvgIpc) is 2.89. The van der Waals surface area contributed by atoms with Crippen molar-refractivity contribution in [2.75, 3.05) is 20.8 Å². The maximum Gasteiger partial charge on any atom is 0.321 e. The van der Waals surface area contributed by atoms with Crippen molar-refractivity contribution >= 4 is 34.7 Å². The molecule has 23 heavy (non-hydrogen) atoms. The predicted molar refractivity (Wildman–Crippen MR) is 89.5 cm³/mol. The molecule has 0 radical (unpaired) electrons. The van der Waals surface area contributed by atoms with Crippen LogP contribution in [0.4, 0.5) is 4.79 Å². The molecule has 0 aliphatic carbocycles. The Morgan fingerprint density at radius 1 is 1.39 bits per heavy atom. The maximum absolute atomic E-state index is 12.0. The van der Waals surface area contributed by atoms with Gasteiger partial charge in [-0.05, 0) is 19.1 Å². The zero-order valence-electron chi connectivity index (χ0n) is 13.3. The Hall–Kier alpha value is -2.06. The lowest BCUT2D eigenvalue weighted by Crippen LogP contribution is -2.41. The van der Waals surface area contributed by atoms with Gasteiger partial charge < -0.3 is 14.6 Å². The summed E-state index contributed by atoms with van der Waals surface area (Å²) in [7, 11) is 3.11. The molecule has 1 aromatic heterocycles. The molecule has 2 N–H and O–H groups in total. The first kappa shape index (κ1) is 17.3. The first-order chi connectivity index (χ1) is 11.1. The van der Waals surface area contributed by atoms with Gasteiger partial charge in [0.2, 0.25) is 5.91 Å². The van der Waals surface area contributed by atoms with Gasteiger partial charge in [-0.15, -0.1) is 0 Å². The molecule has 0 saturated heterocycles. The number of rotatable bonds is 6. The van der Waals surface area contributed by atoms with Gasteiger partial charge in [-0.25, -0.2) is 9.78 Å². The fourth-order valence-electron chi connectivity index (χ4n) is 2.03. The lowest BCUT2D eigenvalue weighted by Gasteiger charge is -2.12. The molecule has 8 heteroatoms. The Morgan fingerprint density at radius 3 is 2.83 bits per heavy atom. The van der Waals surface area contributed by atoms with Gasteiger partial charge in [-0.3, -0.25) is 10.1 Å². The number of ether oxygens (including phenoxy) is 1. The normalized spacial score (nSPS) is 12.1. The van der Waals surface area contributed by atoms with Gasteiger partial charge in [0.15, 0.2) is 5.16 Å². The zero-order chi connectivity index (χ0) is 16.8. The molecule has 0 fully saturated rings. The van der Waals surface area contributed by atoms with Crippen LogP contribution in [-0.4, -0.2) is 47.5 Å². The molecule has 3 amide bonds. The summed E-state index contributed by atoms with van der Waals surface area (Å²) in [5.74, 6) is -0.361. The standard InChI is InChI=1S/C15H20N4O3S/c1-10(13(20)18-14(21)16-2)23-15-17-11-6-4-5-7-12(11)19(15)8-9-22-3/h4-7,10H,8-9H2,1-3H3,(H2,16,18,20,21). The summed E-state index contributed by atoms with van der Waals surface area (Å²) in [6.07, 6.45) is 0. The highest BCUT2D eigenvalue weighted by Crippen LogP contribution is 2.27. The van der Waals surface area contributed by atoms with Crippen LogP contribution in [0.25, 0.3) is 11.0 Å². The van der Waals surface area contributed by atoms with Crippen molar-refractivity contribution in [3.05, 3.63) is 24.3 Å². The van der Waals surface area contributed by atoms with Gasteiger partial charge in [0.1, 0.15) is 0 Å². The second-order valence-corrected chi connectivity index (χ2v) is 6.16. The minimum Gasteiger partial charge on any atom is -0.383 e. The fraction of sp³-hybridized carbons (Fsp3) is 0.400. The minimum absolute atomic E-state index is 0.361. The quantitative estimate of drug-likeness (QED) is 0.783. The van der Waals surface area contributed by atoms with Crippen molar-refractivity contribution in [3.8, 4) is 0 Å². The van der Waals surface area contributed by atoms with Crippen molar-refractivity contribution in [1.82, 2.24) is 20.2 Å². The lowest BCUT2D eigenvalue weighted by molar-refractivity contribution is -0.119. The third-order valence-electron chi connectivity index (χ3n) is 3.25. The van der Waals surface area contributed by atoms with Crippen molar-refractivity contribution in [3.63, 3.8) is 0 Å². The second-order valence-electron chi connectivity index (χ2n) is 4.86. The highest BCUT2D eigenvalue weighted by Gasteiger charge is 2.20. The lowest BCUT2D eigenvalue weighted by atomic mass is 10.3. The summed E-state index contributed by atoms with van der Waals surface area (Å²) >= 11 is 1.31. The molecule has 7 nitrogen and oxygen atoms in total. The number of nitrogens with one attached hydrogen (secondary N) is 2. The number of amides is 3. The molecule has 1 atom stereocenters. The van der Waals surface area contributed by atoms with E-state index >= 15 is 0 Å². The van der Waals surface area contributed by atoms with Gasteiger partial charge in [0.25, 0.3) is 0 Å². The fourth-order valence-corrected chi connectivity index (χ4v) is 2.98. The Morgan fingerprint density at radius 2 is 2.13 bits per heavy atom. The molecule has 1 aromatic carbocycles. The van der Waals surface area contributed by atoms with Crippen molar-refractivity contribution in [2.24, 2.45) is 0 Å². The van der Waals surface area contributed by atoms with Crippen LogP contribution in [0.5, 0.6) is 0 Å². The van der Waals surface area contributed by atoms with Crippen molar-refractivity contribution in [2.45, 2.75) is 23.9 Å². The number of imide groups is 1. The molecule has 0 bridgehead atoms. The molecule has 0 aliphatic rings. The average molecular weight is 336 g/mol. The zero-order valence-corrected chi connectivity index (χ0v) is 14.1. The summed E-state index contributed by atoms with van der Waals surface area (Å²) in [6, 6.07) is 7.26. The Kier molecular flexibility index (Phi) is 6.00. The topological polar surface area (TPSA) is 85.3 Å². The molecule has 1 heterocycles. The highest BCUT2D eigenvalue weighted by molar-refractivity contribution is 8.00. The summed E-state index contributed by atoms with van der Waals surface area (Å²) < 4.78 is 7.17. The molecular formula is C15H20N4O3S. The number of aromatic nitrogens is 2. The number of methoxy groups -OCH3 is 1. The number of thioether (sulfide) groups is 1. The predicted octanol–water partition coefficient (Wildman–Crippen LogP) is 1.62. The van der Waals surface area contributed by atoms with Gasteiger partial charge in [0.05, 0.1) is 22.9 Å². The SMILES string of the molecule is CNC(=O)NC(=O)C(C)Sc1nc2ccccc2n1CCOC. The van der Waals surface area contributed by atoms with E-state index in [0.717, 1.165) is 16.2 Å². The number of hydrogen-bond donors (Lipinski definition) is 2. The van der Waals surface area contributed by atoms with Gasteiger partial charge in [0, 0.05) is 20.7 Å². The molecule has 2 aromatic rings. The number of imidazole rings is 1. The number of urea groups is 1. The molecule has 1 unspecified atom stereocenters. The van der Waals surface area contributed by atoms with Crippen LogP contribution in [0.1, 0.15) is 6.92 Å². The number of fused-ring (bicyclic) bond motifs is 1. The Labute approximate surface area is 138 Å². The van der Waals surface area contributed by atoms with Crippen LogP contribution in [-0.2, 0) is 16.1 Å². The van der Waals surface area contributed by atoms with Crippen LogP contribution in [0, 0.1) is 0 Å². The van der Waals surface area contributed by atoms with E-state index in [9.17, 15) is 9.59 Å². The smallest absolute Gasteiger partial charge is 0.321 e. The van der Waals surface area contributed by atoms with Crippen LogP contribution >= 0.6 is 11.8 Å². The first-order valence-electron chi connectivity index (χ1n) is 7.20. The number of para-hydroxylation sites is 2. The van der Waals surface area contributed by atoms with E-state index in [2.05, 4.69) is 15.6 Å². The largest absolute Gasteiger partial charge is 0.383 e. The van der Waals surface area contributed by atoms with Crippen molar-refractivity contribution in [1.29, 1.82) is 0 Å². The highest BCUT2D eigenvalue weighted by atomic mass is 32.2. The van der Waals surface area contributed by atoms with E-state index in [-0.39, 0.29) is 5.91 Å². The third-order valence-corrected chi connectivity index (χ3v) is 4.34. The molecule has 124 valence electrons. The summed E-state index contributed by atoms with van der Waals surface area (Å²) in [6.45, 7) is 2.93. The van der Waals surface area contributed by atoms with Gasteiger partial charge >= 0.3 is 6.03 Å². The third kappa shape index (κ3) is 4.23. The number of hydrogen-bond acceptors (Lipinski definition) is 5. The van der Waals surface area contributed by atoms with E-state index in [1.807, 2.05) is 28.8 Å². The van der Waals surface area contributed by atoms with Crippen LogP contribution in [0.2, 0.25) is 0 Å². The van der Waals surface area contributed by atoms with Crippen molar-refractivity contribution < 1.29 is 14.3 Å². The summed E-state index contributed by atoms with van der Waals surface area (Å²) in [5.41, 5.74) is 1.86. The monoisotopic (exact) mass is 336 g/mol. The molecular weight excluding hydrogens is 316 g/mol.